The fraction of sp³-hybridized carbons (Fsp3) is 0.730. The van der Waals surface area contributed by atoms with Gasteiger partial charge < -0.3 is 29.5 Å². The Bertz CT molecular complexity index is 1300. The lowest BCUT2D eigenvalue weighted by molar-refractivity contribution is -0.159. The third kappa shape index (κ3) is 6.45. The minimum atomic E-state index is -0.772. The number of nitrogens with one attached hydrogen (secondary N) is 1. The van der Waals surface area contributed by atoms with Gasteiger partial charge in [-0.2, -0.15) is 0 Å². The maximum Gasteiger partial charge on any atom is 0.320 e. The third-order valence-electron chi connectivity index (χ3n) is 12.1. The highest BCUT2D eigenvalue weighted by Gasteiger charge is 2.55. The standard InChI is InChI=1S/C37H54N4O4/c1-25(2)22-41(23-31(42)24-45-34-5-3-4-33-32(34)6-11-38-33)36(44)40-14-9-30(10-15-40)29-7-12-39(13-8-29)35(43)37-19-26-16-27(20-37)18-28(17-26)21-37/h3-6,11,25-31,38,42H,7-10,12-24H2,1-2H3. The van der Waals surface area contributed by atoms with Gasteiger partial charge in [-0.15, -0.1) is 0 Å². The number of aliphatic hydroxyl groups excluding tert-OH is 1. The quantitative estimate of drug-likeness (QED) is 0.353. The molecule has 1 aromatic heterocycles. The van der Waals surface area contributed by atoms with Crippen molar-refractivity contribution in [2.45, 2.75) is 84.2 Å². The molecule has 4 bridgehead atoms. The van der Waals surface area contributed by atoms with Gasteiger partial charge in [-0.05, 0) is 118 Å². The van der Waals surface area contributed by atoms with Crippen LogP contribution in [0.3, 0.4) is 0 Å². The average molecular weight is 619 g/mol. The molecule has 8 nitrogen and oxygen atoms in total. The van der Waals surface area contributed by atoms with Crippen molar-refractivity contribution >= 4 is 22.8 Å². The van der Waals surface area contributed by atoms with Gasteiger partial charge in [-0.25, -0.2) is 4.79 Å². The Kier molecular flexibility index (Phi) is 8.79. The summed E-state index contributed by atoms with van der Waals surface area (Å²) >= 11 is 0. The van der Waals surface area contributed by atoms with Crippen LogP contribution in [-0.2, 0) is 4.79 Å². The summed E-state index contributed by atoms with van der Waals surface area (Å²) in [6, 6.07) is 7.85. The van der Waals surface area contributed by atoms with Gasteiger partial charge in [-0.3, -0.25) is 4.79 Å². The molecule has 45 heavy (non-hydrogen) atoms. The Morgan fingerprint density at radius 2 is 1.51 bits per heavy atom. The van der Waals surface area contributed by atoms with Crippen molar-refractivity contribution in [2.24, 2.45) is 40.9 Å². The fourth-order valence-corrected chi connectivity index (χ4v) is 10.4. The predicted molar refractivity (Wildman–Crippen MR) is 176 cm³/mol. The van der Waals surface area contributed by atoms with Crippen LogP contribution in [0, 0.1) is 40.9 Å². The van der Waals surface area contributed by atoms with E-state index in [1.165, 1.54) is 19.3 Å². The predicted octanol–water partition coefficient (Wildman–Crippen LogP) is 6.15. The Morgan fingerprint density at radius 1 is 0.911 bits per heavy atom. The number of hydrogen-bond acceptors (Lipinski definition) is 4. The van der Waals surface area contributed by atoms with Crippen LogP contribution in [0.1, 0.15) is 78.1 Å². The van der Waals surface area contributed by atoms with E-state index in [9.17, 15) is 14.7 Å². The van der Waals surface area contributed by atoms with E-state index >= 15 is 0 Å². The number of aromatic nitrogens is 1. The van der Waals surface area contributed by atoms with Crippen LogP contribution >= 0.6 is 0 Å². The van der Waals surface area contributed by atoms with Crippen molar-refractivity contribution < 1.29 is 19.4 Å². The Labute approximate surface area is 268 Å². The zero-order valence-electron chi connectivity index (χ0n) is 27.5. The Hall–Kier alpha value is -2.74. The van der Waals surface area contributed by atoms with Crippen LogP contribution in [0.2, 0.25) is 0 Å². The number of hydrogen-bond donors (Lipinski definition) is 2. The van der Waals surface area contributed by atoms with Crippen molar-refractivity contribution in [3.05, 3.63) is 30.5 Å². The number of benzene rings is 1. The lowest BCUT2D eigenvalue weighted by Gasteiger charge is -2.57. The van der Waals surface area contributed by atoms with Crippen LogP contribution in [0.5, 0.6) is 5.75 Å². The molecule has 4 saturated carbocycles. The molecule has 6 fully saturated rings. The summed E-state index contributed by atoms with van der Waals surface area (Å²) in [5, 5.41) is 11.9. The summed E-state index contributed by atoms with van der Waals surface area (Å²) in [5.74, 6) is 5.24. The van der Waals surface area contributed by atoms with Gasteiger partial charge in [0.05, 0.1) is 12.0 Å². The Balaban J connectivity index is 0.880. The van der Waals surface area contributed by atoms with E-state index in [4.69, 9.17) is 4.74 Å². The van der Waals surface area contributed by atoms with Crippen molar-refractivity contribution in [3.8, 4) is 5.75 Å². The molecule has 0 spiro atoms. The minimum Gasteiger partial charge on any atom is -0.490 e. The van der Waals surface area contributed by atoms with Gasteiger partial charge in [0.25, 0.3) is 0 Å². The molecule has 0 radical (unpaired) electrons. The van der Waals surface area contributed by atoms with Crippen LogP contribution in [0.15, 0.2) is 30.5 Å². The number of urea groups is 1. The average Bonchev–Trinajstić information content (AvgIpc) is 3.52. The van der Waals surface area contributed by atoms with Crippen molar-refractivity contribution in [1.82, 2.24) is 19.7 Å². The molecule has 246 valence electrons. The summed E-state index contributed by atoms with van der Waals surface area (Å²) in [5.41, 5.74) is 0.976. The third-order valence-corrected chi connectivity index (χ3v) is 12.1. The fourth-order valence-electron chi connectivity index (χ4n) is 10.4. The molecular formula is C37H54N4O4. The van der Waals surface area contributed by atoms with E-state index in [1.54, 1.807) is 0 Å². The number of carbonyl (C=O) groups is 2. The molecule has 1 unspecified atom stereocenters. The Morgan fingerprint density at radius 3 is 2.11 bits per heavy atom. The van der Waals surface area contributed by atoms with Crippen LogP contribution in [0.25, 0.3) is 10.9 Å². The molecule has 8 rings (SSSR count). The van der Waals surface area contributed by atoms with Crippen molar-refractivity contribution in [3.63, 3.8) is 0 Å². The minimum absolute atomic E-state index is 0.0226. The van der Waals surface area contributed by atoms with Crippen LogP contribution < -0.4 is 4.74 Å². The number of ether oxygens (including phenoxy) is 1. The highest BCUT2D eigenvalue weighted by Crippen LogP contribution is 2.60. The molecule has 4 aliphatic carbocycles. The monoisotopic (exact) mass is 618 g/mol. The summed E-state index contributed by atoms with van der Waals surface area (Å²) in [7, 11) is 0. The molecule has 8 heteroatoms. The molecule has 3 amide bonds. The number of rotatable bonds is 9. The number of likely N-dealkylation sites (tertiary alicyclic amines) is 2. The second-order valence-corrected chi connectivity index (χ2v) is 15.9. The van der Waals surface area contributed by atoms with Gasteiger partial charge in [0.15, 0.2) is 0 Å². The largest absolute Gasteiger partial charge is 0.490 e. The van der Waals surface area contributed by atoms with Crippen molar-refractivity contribution in [1.29, 1.82) is 0 Å². The van der Waals surface area contributed by atoms with Gasteiger partial charge in [0, 0.05) is 49.8 Å². The van der Waals surface area contributed by atoms with E-state index < -0.39 is 6.10 Å². The first-order chi connectivity index (χ1) is 21.8. The van der Waals surface area contributed by atoms with E-state index in [-0.39, 0.29) is 24.6 Å². The van der Waals surface area contributed by atoms with Crippen LogP contribution in [0.4, 0.5) is 4.79 Å². The molecule has 2 N–H and O–H groups in total. The number of aromatic amines is 1. The highest BCUT2D eigenvalue weighted by molar-refractivity contribution is 5.85. The van der Waals surface area contributed by atoms with E-state index in [2.05, 4.69) is 23.7 Å². The normalized spacial score (nSPS) is 29.5. The number of nitrogens with zero attached hydrogens (tertiary/aromatic N) is 3. The maximum atomic E-state index is 13.9. The number of amides is 3. The molecule has 2 aromatic rings. The van der Waals surface area contributed by atoms with E-state index in [0.29, 0.717) is 30.2 Å². The molecule has 1 aromatic carbocycles. The smallest absolute Gasteiger partial charge is 0.320 e. The number of piperidine rings is 2. The summed E-state index contributed by atoms with van der Waals surface area (Å²) < 4.78 is 5.99. The van der Waals surface area contributed by atoms with Gasteiger partial charge in [0.1, 0.15) is 18.5 Å². The molecule has 2 saturated heterocycles. The summed E-state index contributed by atoms with van der Waals surface area (Å²) in [6.45, 7) is 8.62. The van der Waals surface area contributed by atoms with Crippen molar-refractivity contribution in [2.75, 3.05) is 45.9 Å². The molecule has 3 heterocycles. The zero-order chi connectivity index (χ0) is 31.1. The highest BCUT2D eigenvalue weighted by atomic mass is 16.5. The van der Waals surface area contributed by atoms with Crippen LogP contribution in [-0.4, -0.2) is 88.7 Å². The van der Waals surface area contributed by atoms with E-state index in [1.807, 2.05) is 40.3 Å². The lowest BCUT2D eigenvalue weighted by Crippen LogP contribution is -2.56. The second-order valence-electron chi connectivity index (χ2n) is 15.9. The van der Waals surface area contributed by atoms with Gasteiger partial charge >= 0.3 is 6.03 Å². The maximum absolute atomic E-state index is 13.9. The lowest BCUT2D eigenvalue weighted by atomic mass is 9.49. The first-order valence-electron chi connectivity index (χ1n) is 18.0. The SMILES string of the molecule is CC(C)CN(CC(O)COc1cccc2[nH]ccc12)C(=O)N1CCC(C2CCN(C(=O)C34CC5CC(CC(C5)C3)C4)CC2)CC1. The van der Waals surface area contributed by atoms with Gasteiger partial charge in [-0.1, -0.05) is 19.9 Å². The molecule has 6 aliphatic rings. The topological polar surface area (TPSA) is 89.1 Å². The second kappa shape index (κ2) is 12.8. The summed E-state index contributed by atoms with van der Waals surface area (Å²) in [6.07, 6.45) is 13.0. The summed E-state index contributed by atoms with van der Waals surface area (Å²) in [4.78, 5) is 36.8. The molecular weight excluding hydrogens is 564 g/mol. The number of carbonyl (C=O) groups excluding carboxylic acids is 2. The first-order valence-corrected chi connectivity index (χ1v) is 18.0. The first kappa shape index (κ1) is 30.9. The number of H-pyrrole nitrogens is 1. The number of aliphatic hydroxyl groups is 1. The molecule has 1 atom stereocenters. The zero-order valence-corrected chi connectivity index (χ0v) is 27.5. The van der Waals surface area contributed by atoms with E-state index in [0.717, 1.165) is 106 Å². The van der Waals surface area contributed by atoms with Gasteiger partial charge in [0.2, 0.25) is 5.91 Å². The number of fused-ring (bicyclic) bond motifs is 1. The molecule has 2 aliphatic heterocycles.